The first kappa shape index (κ1) is 14.5. The third-order valence-electron chi connectivity index (χ3n) is 2.59. The van der Waals surface area contributed by atoms with Gasteiger partial charge in [0, 0.05) is 16.6 Å². The molecular weight excluding hydrogens is 350 g/mol. The van der Waals surface area contributed by atoms with Gasteiger partial charge >= 0.3 is 0 Å². The number of rotatable bonds is 4. The predicted octanol–water partition coefficient (Wildman–Crippen LogP) is 3.47. The van der Waals surface area contributed by atoms with Crippen LogP contribution in [0.1, 0.15) is 30.3 Å². The lowest BCUT2D eigenvalue weighted by atomic mass is 10.1. The lowest BCUT2D eigenvalue weighted by Crippen LogP contribution is -2.13. The lowest BCUT2D eigenvalue weighted by Gasteiger charge is -2.03. The summed E-state index contributed by atoms with van der Waals surface area (Å²) in [6.07, 6.45) is 0. The van der Waals surface area contributed by atoms with Crippen LogP contribution in [0.15, 0.2) is 20.8 Å². The number of hydrogen-bond donors (Lipinski definition) is 2. The zero-order valence-electron chi connectivity index (χ0n) is 10.7. The van der Waals surface area contributed by atoms with Gasteiger partial charge in [-0.15, -0.1) is 11.3 Å². The Morgan fingerprint density at radius 1 is 1.42 bits per heavy atom. The molecule has 0 aliphatic rings. The highest BCUT2D eigenvalue weighted by Gasteiger charge is 2.20. The maximum Gasteiger partial charge on any atom is 0.264 e. The number of nitrogens with one attached hydrogen (secondary N) is 2. The van der Waals surface area contributed by atoms with Gasteiger partial charge in [0.05, 0.1) is 3.79 Å². The fraction of sp³-hybridized carbons (Fsp3) is 0.364. The van der Waals surface area contributed by atoms with Gasteiger partial charge in [-0.1, -0.05) is 13.8 Å². The summed E-state index contributed by atoms with van der Waals surface area (Å²) < 4.78 is 27.7. The molecule has 0 fully saturated rings. The van der Waals surface area contributed by atoms with Crippen molar-refractivity contribution in [2.75, 3.05) is 4.72 Å². The number of aryl methyl sites for hydroxylation is 1. The number of hydrogen-bond acceptors (Lipinski definition) is 4. The molecule has 0 bridgehead atoms. The highest BCUT2D eigenvalue weighted by molar-refractivity contribution is 9.11. The van der Waals surface area contributed by atoms with Crippen LogP contribution in [0.3, 0.4) is 0 Å². The lowest BCUT2D eigenvalue weighted by molar-refractivity contribution is 0.601. The van der Waals surface area contributed by atoms with Crippen LogP contribution in [0.25, 0.3) is 0 Å². The minimum atomic E-state index is -3.59. The van der Waals surface area contributed by atoms with E-state index in [1.54, 1.807) is 19.1 Å². The smallest absolute Gasteiger partial charge is 0.264 e. The van der Waals surface area contributed by atoms with E-state index < -0.39 is 10.0 Å². The molecule has 19 heavy (non-hydrogen) atoms. The second-order valence-electron chi connectivity index (χ2n) is 4.44. The van der Waals surface area contributed by atoms with E-state index in [1.165, 1.54) is 11.3 Å². The van der Waals surface area contributed by atoms with E-state index in [4.69, 9.17) is 0 Å². The molecule has 0 radical (unpaired) electrons. The van der Waals surface area contributed by atoms with Gasteiger partial charge in [-0.3, -0.25) is 9.82 Å². The fourth-order valence-corrected chi connectivity index (χ4v) is 4.98. The Morgan fingerprint density at radius 3 is 2.58 bits per heavy atom. The zero-order chi connectivity index (χ0) is 14.2. The van der Waals surface area contributed by atoms with Gasteiger partial charge in [-0.25, -0.2) is 8.42 Å². The van der Waals surface area contributed by atoms with Crippen LogP contribution in [0.2, 0.25) is 0 Å². The van der Waals surface area contributed by atoms with E-state index in [9.17, 15) is 8.42 Å². The van der Waals surface area contributed by atoms with Crippen molar-refractivity contribution in [2.45, 2.75) is 31.6 Å². The Hall–Kier alpha value is -0.860. The van der Waals surface area contributed by atoms with Crippen LogP contribution in [0.5, 0.6) is 0 Å². The van der Waals surface area contributed by atoms with E-state index in [2.05, 4.69) is 30.8 Å². The van der Waals surface area contributed by atoms with Crippen molar-refractivity contribution < 1.29 is 8.42 Å². The van der Waals surface area contributed by atoms with E-state index >= 15 is 0 Å². The van der Waals surface area contributed by atoms with Crippen molar-refractivity contribution in [2.24, 2.45) is 0 Å². The minimum absolute atomic E-state index is 0.266. The summed E-state index contributed by atoms with van der Waals surface area (Å²) in [5.41, 5.74) is 0.890. The summed E-state index contributed by atoms with van der Waals surface area (Å²) in [5, 5.41) is 6.78. The fourth-order valence-electron chi connectivity index (χ4n) is 1.57. The SMILES string of the molecule is Cc1sc(Br)cc1S(=O)(=O)Nc1cc(C(C)C)[nH]n1. The second kappa shape index (κ2) is 5.26. The molecule has 0 spiro atoms. The monoisotopic (exact) mass is 363 g/mol. The molecule has 0 atom stereocenters. The van der Waals surface area contributed by atoms with Crippen LogP contribution in [-0.2, 0) is 10.0 Å². The van der Waals surface area contributed by atoms with Crippen molar-refractivity contribution in [1.82, 2.24) is 10.2 Å². The summed E-state index contributed by atoms with van der Waals surface area (Å²) in [7, 11) is -3.59. The Morgan fingerprint density at radius 2 is 2.11 bits per heavy atom. The molecule has 0 aromatic carbocycles. The van der Waals surface area contributed by atoms with Crippen LogP contribution < -0.4 is 4.72 Å². The Kier molecular flexibility index (Phi) is 4.03. The summed E-state index contributed by atoms with van der Waals surface area (Å²) in [5.74, 6) is 0.577. The van der Waals surface area contributed by atoms with Gasteiger partial charge in [0.25, 0.3) is 10.0 Å². The van der Waals surface area contributed by atoms with E-state index in [0.717, 1.165) is 14.4 Å². The number of H-pyrrole nitrogens is 1. The number of nitrogens with zero attached hydrogens (tertiary/aromatic N) is 1. The number of aromatic nitrogens is 2. The maximum absolute atomic E-state index is 12.2. The molecule has 0 amide bonds. The van der Waals surface area contributed by atoms with Crippen LogP contribution in [0, 0.1) is 6.92 Å². The van der Waals surface area contributed by atoms with Crippen molar-refractivity contribution in [3.8, 4) is 0 Å². The van der Waals surface area contributed by atoms with E-state index in [0.29, 0.717) is 5.82 Å². The largest absolute Gasteiger partial charge is 0.280 e. The van der Waals surface area contributed by atoms with Crippen LogP contribution in [0.4, 0.5) is 5.82 Å². The summed E-state index contributed by atoms with van der Waals surface area (Å²) in [6, 6.07) is 3.30. The van der Waals surface area contributed by atoms with Crippen LogP contribution >= 0.6 is 27.3 Å². The molecule has 5 nitrogen and oxygen atoms in total. The van der Waals surface area contributed by atoms with Crippen molar-refractivity contribution in [1.29, 1.82) is 0 Å². The average Bonchev–Trinajstić information content (AvgIpc) is 2.85. The predicted molar refractivity (Wildman–Crippen MR) is 80.2 cm³/mol. The number of halogens is 1. The standard InChI is InChI=1S/C11H14BrN3O2S2/c1-6(2)8-4-11(14-13-8)15-19(16,17)9-5-10(12)18-7(9)3/h4-6H,1-3H3,(H2,13,14,15). The summed E-state index contributed by atoms with van der Waals surface area (Å²) in [6.45, 7) is 5.78. The first-order valence-corrected chi connectivity index (χ1v) is 8.73. The Labute approximate surface area is 124 Å². The van der Waals surface area contributed by atoms with Gasteiger partial charge in [0.2, 0.25) is 0 Å². The Balaban J connectivity index is 2.28. The van der Waals surface area contributed by atoms with Gasteiger partial charge in [-0.05, 0) is 34.8 Å². The number of sulfonamides is 1. The van der Waals surface area contributed by atoms with Gasteiger partial charge < -0.3 is 0 Å². The Bertz CT molecular complexity index is 689. The van der Waals surface area contributed by atoms with Crippen molar-refractivity contribution >= 4 is 43.1 Å². The minimum Gasteiger partial charge on any atom is -0.280 e. The molecule has 2 N–H and O–H groups in total. The first-order chi connectivity index (χ1) is 8.79. The molecule has 0 saturated carbocycles. The molecule has 2 rings (SSSR count). The highest BCUT2D eigenvalue weighted by atomic mass is 79.9. The first-order valence-electron chi connectivity index (χ1n) is 5.63. The molecule has 0 aliphatic carbocycles. The van der Waals surface area contributed by atoms with Gasteiger partial charge in [-0.2, -0.15) is 5.10 Å². The molecule has 2 aromatic heterocycles. The number of thiophene rings is 1. The number of anilines is 1. The van der Waals surface area contributed by atoms with E-state index in [1.807, 2.05) is 13.8 Å². The topological polar surface area (TPSA) is 74.8 Å². The summed E-state index contributed by atoms with van der Waals surface area (Å²) >= 11 is 4.67. The summed E-state index contributed by atoms with van der Waals surface area (Å²) in [4.78, 5) is 1.01. The molecule has 8 heteroatoms. The molecule has 2 heterocycles. The highest BCUT2D eigenvalue weighted by Crippen LogP contribution is 2.30. The molecule has 0 unspecified atom stereocenters. The normalized spacial score (nSPS) is 12.1. The average molecular weight is 364 g/mol. The molecule has 0 saturated heterocycles. The molecule has 0 aliphatic heterocycles. The molecular formula is C11H14BrN3O2S2. The van der Waals surface area contributed by atoms with E-state index in [-0.39, 0.29) is 10.8 Å². The quantitative estimate of drug-likeness (QED) is 0.872. The van der Waals surface area contributed by atoms with Gasteiger partial charge in [0.1, 0.15) is 4.90 Å². The molecule has 2 aromatic rings. The third-order valence-corrected chi connectivity index (χ3v) is 5.75. The van der Waals surface area contributed by atoms with Crippen molar-refractivity contribution in [3.63, 3.8) is 0 Å². The second-order valence-corrected chi connectivity index (χ2v) is 8.73. The number of aromatic amines is 1. The zero-order valence-corrected chi connectivity index (χ0v) is 13.9. The molecule has 104 valence electrons. The third kappa shape index (κ3) is 3.18. The van der Waals surface area contributed by atoms with Crippen LogP contribution in [-0.4, -0.2) is 18.6 Å². The van der Waals surface area contributed by atoms with Gasteiger partial charge in [0.15, 0.2) is 5.82 Å². The maximum atomic E-state index is 12.2. The van der Waals surface area contributed by atoms with Crippen molar-refractivity contribution in [3.05, 3.63) is 26.5 Å².